The topological polar surface area (TPSA) is 68.5 Å². The third-order valence-electron chi connectivity index (χ3n) is 4.88. The Morgan fingerprint density at radius 3 is 3.00 bits per heavy atom. The number of benzene rings is 1. The van der Waals surface area contributed by atoms with E-state index in [0.717, 1.165) is 42.7 Å². The summed E-state index contributed by atoms with van der Waals surface area (Å²) in [5.74, 6) is 1.71. The van der Waals surface area contributed by atoms with Crippen LogP contribution in [-0.4, -0.2) is 39.3 Å². The van der Waals surface area contributed by atoms with Gasteiger partial charge < -0.3 is 14.1 Å². The zero-order valence-electron chi connectivity index (χ0n) is 16.2. The lowest BCUT2D eigenvalue weighted by Gasteiger charge is -2.35. The second-order valence-corrected chi connectivity index (χ2v) is 7.88. The predicted octanol–water partition coefficient (Wildman–Crippen LogP) is 4.15. The quantitative estimate of drug-likeness (QED) is 0.663. The van der Waals surface area contributed by atoms with Gasteiger partial charge in [0.2, 0.25) is 5.91 Å². The molecule has 1 fully saturated rings. The number of nitrogens with zero attached hydrogens (tertiary/aromatic N) is 3. The number of piperidine rings is 1. The van der Waals surface area contributed by atoms with Crippen LogP contribution in [0.3, 0.4) is 0 Å². The summed E-state index contributed by atoms with van der Waals surface area (Å²) in [5, 5.41) is 8.45. The molecule has 1 atom stereocenters. The first-order chi connectivity index (χ1) is 13.1. The smallest absolute Gasteiger partial charge is 0.277 e. The van der Waals surface area contributed by atoms with Crippen LogP contribution < -0.4 is 4.74 Å². The maximum atomic E-state index is 12.5. The maximum Gasteiger partial charge on any atom is 0.277 e. The summed E-state index contributed by atoms with van der Waals surface area (Å²) in [6, 6.07) is 6.43. The van der Waals surface area contributed by atoms with Crippen molar-refractivity contribution in [2.75, 3.05) is 12.3 Å². The van der Waals surface area contributed by atoms with Gasteiger partial charge in [0, 0.05) is 12.6 Å². The van der Waals surface area contributed by atoms with Crippen LogP contribution in [0, 0.1) is 13.8 Å². The summed E-state index contributed by atoms with van der Waals surface area (Å²) < 4.78 is 11.4. The molecule has 6 nitrogen and oxygen atoms in total. The fraction of sp³-hybridized carbons (Fsp3) is 0.550. The Labute approximate surface area is 164 Å². The number of carbonyl (C=O) groups excluding carboxylic acids is 1. The molecule has 2 aromatic rings. The highest BCUT2D eigenvalue weighted by Crippen LogP contribution is 2.24. The summed E-state index contributed by atoms with van der Waals surface area (Å²) in [6.07, 6.45) is 4.42. The van der Waals surface area contributed by atoms with Gasteiger partial charge in [0.05, 0.1) is 5.75 Å². The summed E-state index contributed by atoms with van der Waals surface area (Å²) in [6.45, 7) is 7.24. The molecule has 7 heteroatoms. The number of aromatic nitrogens is 2. The van der Waals surface area contributed by atoms with Crippen LogP contribution in [0.15, 0.2) is 27.8 Å². The normalized spacial score (nSPS) is 17.1. The molecule has 3 rings (SSSR count). The van der Waals surface area contributed by atoms with Gasteiger partial charge in [-0.1, -0.05) is 30.8 Å². The molecular weight excluding hydrogens is 362 g/mol. The number of aryl methyl sites for hydroxylation is 2. The number of thioether (sulfide) groups is 1. The van der Waals surface area contributed by atoms with Gasteiger partial charge in [0.15, 0.2) is 6.61 Å². The van der Waals surface area contributed by atoms with Crippen molar-refractivity contribution in [1.29, 1.82) is 0 Å². The van der Waals surface area contributed by atoms with Gasteiger partial charge >= 0.3 is 0 Å². The zero-order chi connectivity index (χ0) is 19.2. The molecular formula is C20H27N3O3S. The van der Waals surface area contributed by atoms with Crippen LogP contribution in [0.25, 0.3) is 0 Å². The van der Waals surface area contributed by atoms with E-state index in [2.05, 4.69) is 17.1 Å². The van der Waals surface area contributed by atoms with E-state index in [4.69, 9.17) is 9.15 Å². The van der Waals surface area contributed by atoms with E-state index in [1.54, 1.807) is 0 Å². The van der Waals surface area contributed by atoms with E-state index in [9.17, 15) is 4.79 Å². The van der Waals surface area contributed by atoms with Gasteiger partial charge in [-0.05, 0) is 56.7 Å². The number of hydrogen-bond donors (Lipinski definition) is 0. The van der Waals surface area contributed by atoms with Crippen LogP contribution in [0.4, 0.5) is 0 Å². The van der Waals surface area contributed by atoms with Crippen LogP contribution in [-0.2, 0) is 11.4 Å². The van der Waals surface area contributed by atoms with Crippen LogP contribution in [0.2, 0.25) is 0 Å². The summed E-state index contributed by atoms with van der Waals surface area (Å²) in [4.78, 5) is 14.5. The van der Waals surface area contributed by atoms with E-state index in [-0.39, 0.29) is 12.5 Å². The van der Waals surface area contributed by atoms with Crippen molar-refractivity contribution >= 4 is 17.7 Å². The van der Waals surface area contributed by atoms with Crippen LogP contribution in [0.5, 0.6) is 5.75 Å². The first-order valence-corrected chi connectivity index (χ1v) is 10.5. The van der Waals surface area contributed by atoms with Crippen LogP contribution >= 0.6 is 11.8 Å². The van der Waals surface area contributed by atoms with E-state index in [0.29, 0.717) is 22.9 Å². The Balaban J connectivity index is 1.50. The number of hydrogen-bond acceptors (Lipinski definition) is 6. The fourth-order valence-corrected chi connectivity index (χ4v) is 3.98. The van der Waals surface area contributed by atoms with Crippen molar-refractivity contribution in [3.63, 3.8) is 0 Å². The molecule has 0 radical (unpaired) electrons. The lowest BCUT2D eigenvalue weighted by molar-refractivity contribution is -0.132. The highest BCUT2D eigenvalue weighted by molar-refractivity contribution is 7.99. The number of amides is 1. The Kier molecular flexibility index (Phi) is 6.77. The monoisotopic (exact) mass is 389 g/mol. The second-order valence-electron chi connectivity index (χ2n) is 6.95. The lowest BCUT2D eigenvalue weighted by atomic mass is 10.0. The summed E-state index contributed by atoms with van der Waals surface area (Å²) in [7, 11) is 0. The third-order valence-corrected chi connectivity index (χ3v) is 5.68. The van der Waals surface area contributed by atoms with Gasteiger partial charge in [0.25, 0.3) is 11.1 Å². The molecule has 1 unspecified atom stereocenters. The number of carbonyl (C=O) groups is 1. The fourth-order valence-electron chi connectivity index (χ4n) is 3.32. The molecule has 1 aliphatic rings. The molecule has 0 aliphatic carbocycles. The first kappa shape index (κ1) is 19.7. The SMILES string of the molecule is CCC1CCCCN1C(=O)CSc1nnc(COc2cc(C)ccc2C)o1. The predicted molar refractivity (Wildman–Crippen MR) is 105 cm³/mol. The van der Waals surface area contributed by atoms with Gasteiger partial charge in [-0.3, -0.25) is 4.79 Å². The molecule has 1 aromatic heterocycles. The standard InChI is InChI=1S/C20H27N3O3S/c1-4-16-7-5-6-10-23(16)19(24)13-27-20-22-21-18(26-20)12-25-17-11-14(2)8-9-15(17)3/h8-9,11,16H,4-7,10,12-13H2,1-3H3. The minimum atomic E-state index is 0.151. The van der Waals surface area contributed by atoms with Gasteiger partial charge in [-0.25, -0.2) is 0 Å². The summed E-state index contributed by atoms with van der Waals surface area (Å²) >= 11 is 1.30. The average molecular weight is 390 g/mol. The van der Waals surface area contributed by atoms with E-state index in [1.807, 2.05) is 36.9 Å². The molecule has 0 N–H and O–H groups in total. The number of ether oxygens (including phenoxy) is 1. The first-order valence-electron chi connectivity index (χ1n) is 9.51. The maximum absolute atomic E-state index is 12.5. The van der Waals surface area contributed by atoms with Crippen molar-refractivity contribution in [2.24, 2.45) is 0 Å². The molecule has 1 aliphatic heterocycles. The zero-order valence-corrected chi connectivity index (χ0v) is 17.1. The van der Waals surface area contributed by atoms with Crippen molar-refractivity contribution in [1.82, 2.24) is 15.1 Å². The largest absolute Gasteiger partial charge is 0.484 e. The molecule has 1 amide bonds. The third kappa shape index (κ3) is 5.25. The van der Waals surface area contributed by atoms with Crippen molar-refractivity contribution in [2.45, 2.75) is 64.3 Å². The minimum Gasteiger partial charge on any atom is -0.484 e. The van der Waals surface area contributed by atoms with E-state index in [1.165, 1.54) is 18.2 Å². The Bertz CT molecular complexity index is 778. The molecule has 27 heavy (non-hydrogen) atoms. The highest BCUT2D eigenvalue weighted by atomic mass is 32.2. The Hall–Kier alpha value is -2.02. The van der Waals surface area contributed by atoms with Gasteiger partial charge in [0.1, 0.15) is 5.75 Å². The molecule has 1 aromatic carbocycles. The Morgan fingerprint density at radius 1 is 1.33 bits per heavy atom. The second kappa shape index (κ2) is 9.26. The lowest BCUT2D eigenvalue weighted by Crippen LogP contribution is -2.44. The molecule has 0 spiro atoms. The molecule has 1 saturated heterocycles. The highest BCUT2D eigenvalue weighted by Gasteiger charge is 2.25. The number of rotatable bonds is 7. The van der Waals surface area contributed by atoms with E-state index < -0.39 is 0 Å². The minimum absolute atomic E-state index is 0.151. The van der Waals surface area contributed by atoms with Crippen molar-refractivity contribution < 1.29 is 13.9 Å². The Morgan fingerprint density at radius 2 is 2.19 bits per heavy atom. The average Bonchev–Trinajstić information content (AvgIpc) is 3.14. The summed E-state index contributed by atoms with van der Waals surface area (Å²) in [5.41, 5.74) is 2.20. The van der Waals surface area contributed by atoms with Gasteiger partial charge in [-0.2, -0.15) is 0 Å². The van der Waals surface area contributed by atoms with Gasteiger partial charge in [-0.15, -0.1) is 10.2 Å². The van der Waals surface area contributed by atoms with Crippen molar-refractivity contribution in [3.8, 4) is 5.75 Å². The molecule has 0 bridgehead atoms. The van der Waals surface area contributed by atoms with E-state index >= 15 is 0 Å². The molecule has 0 saturated carbocycles. The number of likely N-dealkylation sites (tertiary alicyclic amines) is 1. The molecule has 146 valence electrons. The molecule has 2 heterocycles. The van der Waals surface area contributed by atoms with Crippen molar-refractivity contribution in [3.05, 3.63) is 35.2 Å². The van der Waals surface area contributed by atoms with Crippen LogP contribution in [0.1, 0.15) is 49.6 Å².